The van der Waals surface area contributed by atoms with Crippen LogP contribution in [-0.2, 0) is 9.53 Å². The van der Waals surface area contributed by atoms with E-state index in [-0.39, 0.29) is 23.2 Å². The molecule has 0 aromatic rings. The van der Waals surface area contributed by atoms with Gasteiger partial charge < -0.3 is 4.74 Å². The van der Waals surface area contributed by atoms with Crippen LogP contribution in [0.5, 0.6) is 0 Å². The summed E-state index contributed by atoms with van der Waals surface area (Å²) in [5, 5.41) is 0. The first-order valence-corrected chi connectivity index (χ1v) is 6.55. The van der Waals surface area contributed by atoms with Gasteiger partial charge in [0.1, 0.15) is 6.10 Å². The molecule has 0 atom stereocenters. The first-order valence-electron chi connectivity index (χ1n) is 6.55. The number of likely N-dealkylation sites (tertiary alicyclic amines) is 1. The van der Waals surface area contributed by atoms with E-state index in [1.807, 2.05) is 6.92 Å². The molecule has 0 aromatic heterocycles. The number of hydrogen-bond acceptors (Lipinski definition) is 3. The van der Waals surface area contributed by atoms with Crippen molar-refractivity contribution in [2.75, 3.05) is 7.05 Å². The summed E-state index contributed by atoms with van der Waals surface area (Å²) in [5.74, 6) is -0.170. The summed E-state index contributed by atoms with van der Waals surface area (Å²) >= 11 is 0. The highest BCUT2D eigenvalue weighted by atomic mass is 16.5. The Balaban J connectivity index is 0.000000873. The molecule has 106 valence electrons. The fourth-order valence-electron chi connectivity index (χ4n) is 2.60. The predicted octanol–water partition coefficient (Wildman–Crippen LogP) is 3.39. The SMILES string of the molecule is C=CC.CC(=O)OC1CC(C)(C)N(C)C(C)(C)C1. The molecule has 1 aliphatic heterocycles. The number of allylic oxidation sites excluding steroid dienone is 1. The van der Waals surface area contributed by atoms with Crippen molar-refractivity contribution < 1.29 is 9.53 Å². The highest BCUT2D eigenvalue weighted by Crippen LogP contribution is 2.37. The monoisotopic (exact) mass is 255 g/mol. The lowest BCUT2D eigenvalue weighted by molar-refractivity contribution is -0.156. The van der Waals surface area contributed by atoms with Crippen molar-refractivity contribution in [1.82, 2.24) is 4.90 Å². The minimum absolute atomic E-state index is 0.0590. The Hall–Kier alpha value is -0.830. The average molecular weight is 255 g/mol. The van der Waals surface area contributed by atoms with Crippen LogP contribution in [0.3, 0.4) is 0 Å². The van der Waals surface area contributed by atoms with Crippen LogP contribution in [-0.4, -0.2) is 35.1 Å². The van der Waals surface area contributed by atoms with Crippen LogP contribution in [0.2, 0.25) is 0 Å². The molecule has 0 aliphatic carbocycles. The molecule has 0 aromatic carbocycles. The van der Waals surface area contributed by atoms with E-state index < -0.39 is 0 Å². The van der Waals surface area contributed by atoms with Crippen molar-refractivity contribution in [3.05, 3.63) is 12.7 Å². The van der Waals surface area contributed by atoms with Crippen molar-refractivity contribution >= 4 is 5.97 Å². The molecule has 18 heavy (non-hydrogen) atoms. The van der Waals surface area contributed by atoms with E-state index in [2.05, 4.69) is 46.2 Å². The van der Waals surface area contributed by atoms with Gasteiger partial charge in [0.2, 0.25) is 0 Å². The van der Waals surface area contributed by atoms with Gasteiger partial charge in [-0.1, -0.05) is 6.08 Å². The molecule has 0 unspecified atom stereocenters. The van der Waals surface area contributed by atoms with Gasteiger partial charge in [0.05, 0.1) is 0 Å². The van der Waals surface area contributed by atoms with Gasteiger partial charge in [0.25, 0.3) is 0 Å². The number of rotatable bonds is 1. The Morgan fingerprint density at radius 2 is 1.61 bits per heavy atom. The van der Waals surface area contributed by atoms with Crippen LogP contribution < -0.4 is 0 Å². The summed E-state index contributed by atoms with van der Waals surface area (Å²) in [6.07, 6.45) is 3.63. The molecule has 0 amide bonds. The summed E-state index contributed by atoms with van der Waals surface area (Å²) in [6.45, 7) is 15.5. The van der Waals surface area contributed by atoms with E-state index in [0.717, 1.165) is 12.8 Å². The fraction of sp³-hybridized carbons (Fsp3) is 0.800. The number of carbonyl (C=O) groups is 1. The molecule has 3 heteroatoms. The maximum absolute atomic E-state index is 11.0. The standard InChI is InChI=1S/C12H23NO2.C3H6/c1-9(14)15-10-7-11(2,3)13(6)12(4,5)8-10;1-3-2/h10H,7-8H2,1-6H3;3H,1H2,2H3. The highest BCUT2D eigenvalue weighted by molar-refractivity contribution is 5.66. The van der Waals surface area contributed by atoms with Crippen molar-refractivity contribution in [3.8, 4) is 0 Å². The smallest absolute Gasteiger partial charge is 0.302 e. The highest BCUT2D eigenvalue weighted by Gasteiger charge is 2.44. The quantitative estimate of drug-likeness (QED) is 0.531. The third kappa shape index (κ3) is 4.81. The van der Waals surface area contributed by atoms with Gasteiger partial charge in [0, 0.05) is 30.8 Å². The van der Waals surface area contributed by atoms with Crippen molar-refractivity contribution in [1.29, 1.82) is 0 Å². The molecule has 1 rings (SSSR count). The average Bonchev–Trinajstić information content (AvgIpc) is 2.13. The number of esters is 1. The second-order valence-corrected chi connectivity index (χ2v) is 6.23. The topological polar surface area (TPSA) is 29.5 Å². The van der Waals surface area contributed by atoms with Crippen molar-refractivity contribution in [2.24, 2.45) is 0 Å². The second-order valence-electron chi connectivity index (χ2n) is 6.23. The zero-order valence-corrected chi connectivity index (χ0v) is 13.0. The summed E-state index contributed by atoms with van der Waals surface area (Å²) in [7, 11) is 2.14. The summed E-state index contributed by atoms with van der Waals surface area (Å²) in [4.78, 5) is 13.4. The van der Waals surface area contributed by atoms with E-state index in [1.54, 1.807) is 6.08 Å². The minimum atomic E-state index is -0.170. The Bertz CT molecular complexity index is 277. The van der Waals surface area contributed by atoms with Crippen molar-refractivity contribution in [2.45, 2.75) is 71.6 Å². The van der Waals surface area contributed by atoms with Crippen LogP contribution in [0.1, 0.15) is 54.4 Å². The maximum atomic E-state index is 11.0. The summed E-state index contributed by atoms with van der Waals surface area (Å²) in [5.41, 5.74) is 0.170. The molecule has 1 aliphatic rings. The van der Waals surface area contributed by atoms with E-state index in [0.29, 0.717) is 0 Å². The van der Waals surface area contributed by atoms with E-state index in [4.69, 9.17) is 4.74 Å². The molecule has 0 saturated carbocycles. The Morgan fingerprint density at radius 1 is 1.28 bits per heavy atom. The Labute approximate surface area is 112 Å². The third-order valence-corrected chi connectivity index (χ3v) is 3.60. The Morgan fingerprint density at radius 3 is 1.89 bits per heavy atom. The Kier molecular flexibility index (Phi) is 6.08. The molecule has 0 spiro atoms. The van der Waals surface area contributed by atoms with Gasteiger partial charge in [-0.05, 0) is 41.7 Å². The normalized spacial score (nSPS) is 22.6. The number of piperidine rings is 1. The number of nitrogens with zero attached hydrogens (tertiary/aromatic N) is 1. The zero-order chi connectivity index (χ0) is 14.6. The second kappa shape index (κ2) is 6.37. The molecule has 0 radical (unpaired) electrons. The zero-order valence-electron chi connectivity index (χ0n) is 13.0. The lowest BCUT2D eigenvalue weighted by atomic mass is 9.79. The number of hydrogen-bond donors (Lipinski definition) is 0. The van der Waals surface area contributed by atoms with Crippen molar-refractivity contribution in [3.63, 3.8) is 0 Å². The van der Waals surface area contributed by atoms with Gasteiger partial charge in [-0.15, -0.1) is 6.58 Å². The van der Waals surface area contributed by atoms with E-state index in [9.17, 15) is 4.79 Å². The predicted molar refractivity (Wildman–Crippen MR) is 76.6 cm³/mol. The molecule has 0 bridgehead atoms. The van der Waals surface area contributed by atoms with Crippen LogP contribution in [0.15, 0.2) is 12.7 Å². The maximum Gasteiger partial charge on any atom is 0.302 e. The van der Waals surface area contributed by atoms with Gasteiger partial charge in [-0.3, -0.25) is 9.69 Å². The van der Waals surface area contributed by atoms with Gasteiger partial charge in [-0.2, -0.15) is 0 Å². The van der Waals surface area contributed by atoms with Crippen LogP contribution >= 0.6 is 0 Å². The van der Waals surface area contributed by atoms with Gasteiger partial charge in [0.15, 0.2) is 0 Å². The molecular formula is C15H29NO2. The largest absolute Gasteiger partial charge is 0.462 e. The summed E-state index contributed by atoms with van der Waals surface area (Å²) in [6, 6.07) is 0. The molecule has 0 N–H and O–H groups in total. The third-order valence-electron chi connectivity index (χ3n) is 3.60. The van der Waals surface area contributed by atoms with Crippen LogP contribution in [0.25, 0.3) is 0 Å². The first kappa shape index (κ1) is 17.2. The molecule has 1 fully saturated rings. The first-order chi connectivity index (χ1) is 8.06. The fourth-order valence-corrected chi connectivity index (χ4v) is 2.60. The van der Waals surface area contributed by atoms with Gasteiger partial charge >= 0.3 is 5.97 Å². The van der Waals surface area contributed by atoms with Crippen LogP contribution in [0.4, 0.5) is 0 Å². The number of ether oxygens (including phenoxy) is 1. The lowest BCUT2D eigenvalue weighted by Crippen LogP contribution is -2.60. The van der Waals surface area contributed by atoms with E-state index >= 15 is 0 Å². The van der Waals surface area contributed by atoms with E-state index in [1.165, 1.54) is 6.92 Å². The van der Waals surface area contributed by atoms with Crippen LogP contribution in [0, 0.1) is 0 Å². The molecular weight excluding hydrogens is 226 g/mol. The molecule has 1 heterocycles. The molecule has 1 saturated heterocycles. The van der Waals surface area contributed by atoms with Gasteiger partial charge in [-0.25, -0.2) is 0 Å². The lowest BCUT2D eigenvalue weighted by Gasteiger charge is -2.53. The molecule has 3 nitrogen and oxygen atoms in total. The minimum Gasteiger partial charge on any atom is -0.462 e. The number of carbonyl (C=O) groups excluding carboxylic acids is 1. The summed E-state index contributed by atoms with van der Waals surface area (Å²) < 4.78 is 5.35.